The van der Waals surface area contributed by atoms with E-state index in [0.717, 1.165) is 31.5 Å². The third-order valence-corrected chi connectivity index (χ3v) is 3.95. The molecular formula is C18H19NO. The molecule has 0 N–H and O–H groups in total. The Morgan fingerprint density at radius 3 is 2.25 bits per heavy atom. The summed E-state index contributed by atoms with van der Waals surface area (Å²) in [4.78, 5) is 14.0. The van der Waals surface area contributed by atoms with Crippen LogP contribution in [0.5, 0.6) is 0 Å². The summed E-state index contributed by atoms with van der Waals surface area (Å²) in [6.07, 6.45) is 3.15. The highest BCUT2D eigenvalue weighted by Crippen LogP contribution is 2.28. The van der Waals surface area contributed by atoms with Crippen molar-refractivity contribution in [1.29, 1.82) is 0 Å². The molecule has 0 aromatic heterocycles. The standard InChI is InChI=1S/C18H19NO/c20-18-16(11-7-10-15-8-3-1-4-9-15)14-19(18)17-12-5-2-6-13-17/h1-6,8-9,12-13,16H,7,10-11,14H2/t16-/m0/s1. The van der Waals surface area contributed by atoms with Gasteiger partial charge in [0.15, 0.2) is 0 Å². The van der Waals surface area contributed by atoms with Crippen LogP contribution >= 0.6 is 0 Å². The number of hydrogen-bond acceptors (Lipinski definition) is 1. The van der Waals surface area contributed by atoms with Crippen LogP contribution in [0, 0.1) is 5.92 Å². The van der Waals surface area contributed by atoms with Crippen molar-refractivity contribution in [2.45, 2.75) is 19.3 Å². The normalized spacial score (nSPS) is 17.9. The lowest BCUT2D eigenvalue weighted by atomic mass is 9.91. The monoisotopic (exact) mass is 265 g/mol. The Kier molecular flexibility index (Phi) is 3.82. The van der Waals surface area contributed by atoms with Gasteiger partial charge in [0, 0.05) is 12.2 Å². The maximum atomic E-state index is 12.1. The number of hydrogen-bond donors (Lipinski definition) is 0. The lowest BCUT2D eigenvalue weighted by Gasteiger charge is -2.38. The molecule has 0 spiro atoms. The molecule has 2 aromatic carbocycles. The second kappa shape index (κ2) is 5.91. The molecule has 1 saturated heterocycles. The Balaban J connectivity index is 1.46. The van der Waals surface area contributed by atoms with Crippen molar-refractivity contribution in [2.75, 3.05) is 11.4 Å². The molecule has 0 unspecified atom stereocenters. The van der Waals surface area contributed by atoms with Crippen LogP contribution in [0.3, 0.4) is 0 Å². The van der Waals surface area contributed by atoms with Crippen LogP contribution < -0.4 is 4.90 Å². The fourth-order valence-electron chi connectivity index (χ4n) is 2.75. The summed E-state index contributed by atoms with van der Waals surface area (Å²) in [6, 6.07) is 20.4. The van der Waals surface area contributed by atoms with Gasteiger partial charge in [-0.2, -0.15) is 0 Å². The lowest BCUT2D eigenvalue weighted by Crippen LogP contribution is -2.52. The summed E-state index contributed by atoms with van der Waals surface area (Å²) < 4.78 is 0. The topological polar surface area (TPSA) is 20.3 Å². The number of amides is 1. The minimum absolute atomic E-state index is 0.221. The molecule has 0 saturated carbocycles. The Hall–Kier alpha value is -2.09. The average molecular weight is 265 g/mol. The van der Waals surface area contributed by atoms with Crippen LogP contribution in [0.15, 0.2) is 60.7 Å². The Morgan fingerprint density at radius 1 is 0.950 bits per heavy atom. The number of para-hydroxylation sites is 1. The molecule has 1 fully saturated rings. The summed E-state index contributed by atoms with van der Waals surface area (Å²) in [5.74, 6) is 0.503. The summed E-state index contributed by atoms with van der Waals surface area (Å²) in [6.45, 7) is 0.873. The van der Waals surface area contributed by atoms with E-state index in [1.165, 1.54) is 5.56 Å². The summed E-state index contributed by atoms with van der Waals surface area (Å²) in [7, 11) is 0. The van der Waals surface area contributed by atoms with Crippen LogP contribution in [0.1, 0.15) is 18.4 Å². The summed E-state index contributed by atoms with van der Waals surface area (Å²) >= 11 is 0. The molecule has 2 nitrogen and oxygen atoms in total. The number of aryl methyl sites for hydroxylation is 1. The van der Waals surface area contributed by atoms with Gasteiger partial charge in [-0.25, -0.2) is 0 Å². The van der Waals surface area contributed by atoms with Gasteiger partial charge in [-0.3, -0.25) is 4.79 Å². The van der Waals surface area contributed by atoms with Crippen LogP contribution in [0.2, 0.25) is 0 Å². The number of β-lactam (4-membered cyclic amide) rings is 1. The smallest absolute Gasteiger partial charge is 0.231 e. The Morgan fingerprint density at radius 2 is 1.60 bits per heavy atom. The number of carbonyl (C=O) groups is 1. The van der Waals surface area contributed by atoms with Gasteiger partial charge in [0.1, 0.15) is 0 Å². The van der Waals surface area contributed by atoms with E-state index in [2.05, 4.69) is 24.3 Å². The molecule has 0 radical (unpaired) electrons. The van der Waals surface area contributed by atoms with Crippen LogP contribution in [0.25, 0.3) is 0 Å². The highest BCUT2D eigenvalue weighted by molar-refractivity contribution is 6.01. The molecule has 1 aliphatic rings. The van der Waals surface area contributed by atoms with Crippen molar-refractivity contribution in [3.63, 3.8) is 0 Å². The molecule has 102 valence electrons. The highest BCUT2D eigenvalue weighted by atomic mass is 16.2. The SMILES string of the molecule is O=C1[C@@H](CCCc2ccccc2)CN1c1ccccc1. The van der Waals surface area contributed by atoms with Gasteiger partial charge in [-0.1, -0.05) is 48.5 Å². The molecule has 2 heteroatoms. The molecule has 1 atom stereocenters. The third kappa shape index (κ3) is 2.74. The number of anilines is 1. The third-order valence-electron chi connectivity index (χ3n) is 3.95. The van der Waals surface area contributed by atoms with Crippen LogP contribution in [-0.4, -0.2) is 12.5 Å². The minimum Gasteiger partial charge on any atom is -0.311 e. The molecule has 1 amide bonds. The number of carbonyl (C=O) groups excluding carboxylic acids is 1. The number of rotatable bonds is 5. The molecule has 0 bridgehead atoms. The zero-order valence-electron chi connectivity index (χ0n) is 11.5. The zero-order valence-corrected chi connectivity index (χ0v) is 11.5. The van der Waals surface area contributed by atoms with Gasteiger partial charge >= 0.3 is 0 Å². The van der Waals surface area contributed by atoms with E-state index in [1.54, 1.807) is 0 Å². The first-order valence-electron chi connectivity index (χ1n) is 7.25. The first-order valence-corrected chi connectivity index (χ1v) is 7.25. The average Bonchev–Trinajstić information content (AvgIpc) is 2.51. The summed E-state index contributed by atoms with van der Waals surface area (Å²) in [5, 5.41) is 0. The first-order chi connectivity index (χ1) is 9.84. The van der Waals surface area contributed by atoms with Gasteiger partial charge in [-0.05, 0) is 37.0 Å². The van der Waals surface area contributed by atoms with Crippen molar-refractivity contribution in [3.8, 4) is 0 Å². The minimum atomic E-state index is 0.221. The fraction of sp³-hybridized carbons (Fsp3) is 0.278. The first kappa shape index (κ1) is 12.9. The largest absolute Gasteiger partial charge is 0.311 e. The van der Waals surface area contributed by atoms with Crippen molar-refractivity contribution in [1.82, 2.24) is 0 Å². The van der Waals surface area contributed by atoms with Gasteiger partial charge in [-0.15, -0.1) is 0 Å². The Bertz CT molecular complexity index is 564. The van der Waals surface area contributed by atoms with E-state index in [4.69, 9.17) is 0 Å². The number of benzene rings is 2. The second-order valence-electron chi connectivity index (χ2n) is 5.36. The maximum Gasteiger partial charge on any atom is 0.231 e. The molecule has 2 aromatic rings. The highest BCUT2D eigenvalue weighted by Gasteiger charge is 2.36. The predicted octanol–water partition coefficient (Wildman–Crippen LogP) is 3.67. The van der Waals surface area contributed by atoms with E-state index in [9.17, 15) is 4.79 Å². The molecule has 0 aliphatic carbocycles. The van der Waals surface area contributed by atoms with Gasteiger partial charge in [0.2, 0.25) is 5.91 Å². The van der Waals surface area contributed by atoms with Gasteiger partial charge < -0.3 is 4.90 Å². The Labute approximate surface area is 120 Å². The molecule has 3 rings (SSSR count). The summed E-state index contributed by atoms with van der Waals surface area (Å²) in [5.41, 5.74) is 2.39. The molecular weight excluding hydrogens is 246 g/mol. The molecule has 1 aliphatic heterocycles. The van der Waals surface area contributed by atoms with E-state index in [1.807, 2.05) is 41.3 Å². The zero-order chi connectivity index (χ0) is 13.8. The van der Waals surface area contributed by atoms with Crippen molar-refractivity contribution in [3.05, 3.63) is 66.2 Å². The van der Waals surface area contributed by atoms with E-state index < -0.39 is 0 Å². The number of nitrogens with zero attached hydrogens (tertiary/aromatic N) is 1. The van der Waals surface area contributed by atoms with Gasteiger partial charge in [0.25, 0.3) is 0 Å². The van der Waals surface area contributed by atoms with Crippen molar-refractivity contribution < 1.29 is 4.79 Å². The molecule has 20 heavy (non-hydrogen) atoms. The predicted molar refractivity (Wildman–Crippen MR) is 81.7 cm³/mol. The van der Waals surface area contributed by atoms with Gasteiger partial charge in [0.05, 0.1) is 5.92 Å². The quantitative estimate of drug-likeness (QED) is 0.755. The fourth-order valence-corrected chi connectivity index (χ4v) is 2.75. The van der Waals surface area contributed by atoms with E-state index >= 15 is 0 Å². The van der Waals surface area contributed by atoms with E-state index in [-0.39, 0.29) is 11.8 Å². The lowest BCUT2D eigenvalue weighted by molar-refractivity contribution is -0.127. The van der Waals surface area contributed by atoms with Crippen molar-refractivity contribution in [2.24, 2.45) is 5.92 Å². The van der Waals surface area contributed by atoms with Crippen LogP contribution in [0.4, 0.5) is 5.69 Å². The van der Waals surface area contributed by atoms with Crippen molar-refractivity contribution >= 4 is 11.6 Å². The maximum absolute atomic E-state index is 12.1. The molecule has 1 heterocycles. The van der Waals surface area contributed by atoms with Crippen LogP contribution in [-0.2, 0) is 11.2 Å². The second-order valence-corrected chi connectivity index (χ2v) is 5.36. The van der Waals surface area contributed by atoms with E-state index in [0.29, 0.717) is 0 Å².